The van der Waals surface area contributed by atoms with Crippen molar-refractivity contribution in [3.8, 4) is 17.9 Å². The predicted octanol–water partition coefficient (Wildman–Crippen LogP) is 3.86. The summed E-state index contributed by atoms with van der Waals surface area (Å²) in [6.07, 6.45) is 1.47. The lowest BCUT2D eigenvalue weighted by Crippen LogP contribution is -2.33. The third-order valence-electron chi connectivity index (χ3n) is 5.35. The topological polar surface area (TPSA) is 75.0 Å². The van der Waals surface area contributed by atoms with Gasteiger partial charge in [0.1, 0.15) is 5.41 Å². The second kappa shape index (κ2) is 9.01. The fourth-order valence-corrected chi connectivity index (χ4v) is 3.53. The average Bonchev–Trinajstić information content (AvgIpc) is 2.83. The largest absolute Gasteiger partial charge is 0.375 e. The van der Waals surface area contributed by atoms with Crippen molar-refractivity contribution in [2.75, 3.05) is 6.61 Å². The quantitative estimate of drug-likeness (QED) is 0.647. The Morgan fingerprint density at radius 2 is 2.03 bits per heavy atom. The van der Waals surface area contributed by atoms with Gasteiger partial charge in [-0.15, -0.1) is 0 Å². The molecule has 6 heteroatoms. The molecule has 4 rings (SSSR count). The zero-order chi connectivity index (χ0) is 22.6. The molecule has 0 bridgehead atoms. The van der Waals surface area contributed by atoms with Crippen molar-refractivity contribution in [1.29, 1.82) is 5.26 Å². The van der Waals surface area contributed by atoms with Crippen LogP contribution in [0.4, 0.5) is 4.39 Å². The molecule has 1 aliphatic rings. The Kier molecular flexibility index (Phi) is 5.98. The summed E-state index contributed by atoms with van der Waals surface area (Å²) in [7, 11) is 0. The molecule has 0 radical (unpaired) electrons. The van der Waals surface area contributed by atoms with Crippen LogP contribution in [0.1, 0.15) is 45.2 Å². The lowest BCUT2D eigenvalue weighted by atomic mass is 9.79. The summed E-state index contributed by atoms with van der Waals surface area (Å²) in [5.74, 6) is 4.81. The number of hydrogen-bond donors (Lipinski definition) is 1. The summed E-state index contributed by atoms with van der Waals surface area (Å²) < 4.78 is 20.3. The molecule has 2 aromatic carbocycles. The number of pyridine rings is 1. The van der Waals surface area contributed by atoms with Gasteiger partial charge in [0, 0.05) is 17.3 Å². The summed E-state index contributed by atoms with van der Waals surface area (Å²) in [6, 6.07) is 18.2. The van der Waals surface area contributed by atoms with Crippen LogP contribution in [0.3, 0.4) is 0 Å². The van der Waals surface area contributed by atoms with Gasteiger partial charge in [-0.2, -0.15) is 5.26 Å². The van der Waals surface area contributed by atoms with Crippen molar-refractivity contribution in [2.45, 2.75) is 25.5 Å². The first-order valence-corrected chi connectivity index (χ1v) is 10.1. The Hall–Kier alpha value is -4.00. The highest BCUT2D eigenvalue weighted by Crippen LogP contribution is 2.32. The number of nitrogens with zero attached hydrogens (tertiary/aromatic N) is 2. The molecule has 0 saturated carbocycles. The van der Waals surface area contributed by atoms with Crippen molar-refractivity contribution in [1.82, 2.24) is 10.3 Å². The number of rotatable bonds is 3. The van der Waals surface area contributed by atoms with E-state index in [-0.39, 0.29) is 30.3 Å². The molecule has 2 heterocycles. The molecule has 5 nitrogen and oxygen atoms in total. The molecule has 158 valence electrons. The molecule has 0 spiro atoms. The number of carbonyl (C=O) groups is 1. The zero-order valence-electron chi connectivity index (χ0n) is 17.5. The van der Waals surface area contributed by atoms with Crippen LogP contribution in [0.5, 0.6) is 0 Å². The first kappa shape index (κ1) is 21.2. The van der Waals surface area contributed by atoms with E-state index in [0.29, 0.717) is 12.2 Å². The number of amides is 1. The van der Waals surface area contributed by atoms with Crippen LogP contribution in [0.2, 0.25) is 0 Å². The Morgan fingerprint density at radius 1 is 1.22 bits per heavy atom. The van der Waals surface area contributed by atoms with Crippen molar-refractivity contribution in [3.05, 3.63) is 100 Å². The SMILES string of the molecule is C[C@@]1(C#N)COCc2ccc(C(=O)NCc3nccc(C#Cc4ccccc4)c3F)cc21. The molecule has 0 saturated heterocycles. The number of carbonyl (C=O) groups excluding carboxylic acids is 1. The Balaban J connectivity index is 1.50. The second-order valence-electron chi connectivity index (χ2n) is 7.73. The van der Waals surface area contributed by atoms with Gasteiger partial charge in [-0.25, -0.2) is 4.39 Å². The minimum absolute atomic E-state index is 0.0821. The van der Waals surface area contributed by atoms with E-state index in [1.807, 2.05) is 30.3 Å². The summed E-state index contributed by atoms with van der Waals surface area (Å²) in [4.78, 5) is 16.8. The van der Waals surface area contributed by atoms with Gasteiger partial charge in [0.2, 0.25) is 0 Å². The van der Waals surface area contributed by atoms with E-state index < -0.39 is 11.2 Å². The third-order valence-corrected chi connectivity index (χ3v) is 5.35. The van der Waals surface area contributed by atoms with Gasteiger partial charge in [0.05, 0.1) is 37.1 Å². The fraction of sp³-hybridized carbons (Fsp3) is 0.192. The normalized spacial score (nSPS) is 16.8. The molecule has 0 unspecified atom stereocenters. The van der Waals surface area contributed by atoms with E-state index in [1.165, 1.54) is 12.3 Å². The fourth-order valence-electron chi connectivity index (χ4n) is 3.53. The van der Waals surface area contributed by atoms with Crippen LogP contribution >= 0.6 is 0 Å². The highest BCUT2D eigenvalue weighted by Gasteiger charge is 2.33. The second-order valence-corrected chi connectivity index (χ2v) is 7.73. The number of ether oxygens (including phenoxy) is 1. The standard InChI is InChI=1S/C26H20FN3O2/c1-26(16-28)17-32-15-21-10-9-20(13-22(21)26)25(31)30-14-23-24(27)19(11-12-29-23)8-7-18-5-3-2-4-6-18/h2-6,9-13H,14-15,17H2,1H3,(H,30,31)/t26-/m1/s1. The molecule has 3 aromatic rings. The van der Waals surface area contributed by atoms with Gasteiger partial charge in [0.25, 0.3) is 5.91 Å². The van der Waals surface area contributed by atoms with E-state index >= 15 is 0 Å². The third kappa shape index (κ3) is 4.37. The maximum atomic E-state index is 14.8. The molecule has 1 aromatic heterocycles. The van der Waals surface area contributed by atoms with Crippen LogP contribution < -0.4 is 5.32 Å². The van der Waals surface area contributed by atoms with Crippen molar-refractivity contribution >= 4 is 5.91 Å². The van der Waals surface area contributed by atoms with Crippen molar-refractivity contribution < 1.29 is 13.9 Å². The van der Waals surface area contributed by atoms with Crippen molar-refractivity contribution in [2.24, 2.45) is 0 Å². The van der Waals surface area contributed by atoms with Gasteiger partial charge >= 0.3 is 0 Å². The smallest absolute Gasteiger partial charge is 0.251 e. The van der Waals surface area contributed by atoms with Crippen LogP contribution in [0, 0.1) is 29.0 Å². The van der Waals surface area contributed by atoms with E-state index in [4.69, 9.17) is 4.74 Å². The van der Waals surface area contributed by atoms with Gasteiger partial charge in [-0.3, -0.25) is 9.78 Å². The number of nitriles is 1. The number of fused-ring (bicyclic) bond motifs is 1. The van der Waals surface area contributed by atoms with Gasteiger partial charge < -0.3 is 10.1 Å². The van der Waals surface area contributed by atoms with Crippen LogP contribution in [0.25, 0.3) is 0 Å². The maximum Gasteiger partial charge on any atom is 0.251 e. The summed E-state index contributed by atoms with van der Waals surface area (Å²) >= 11 is 0. The molecule has 0 fully saturated rings. The first-order chi connectivity index (χ1) is 15.5. The number of benzene rings is 2. The first-order valence-electron chi connectivity index (χ1n) is 10.1. The monoisotopic (exact) mass is 425 g/mol. The van der Waals surface area contributed by atoms with Gasteiger partial charge in [0.15, 0.2) is 5.82 Å². The van der Waals surface area contributed by atoms with Crippen LogP contribution in [0.15, 0.2) is 60.8 Å². The molecule has 1 N–H and O–H groups in total. The number of aromatic nitrogens is 1. The molecule has 1 aliphatic heterocycles. The Bertz CT molecular complexity index is 1270. The summed E-state index contributed by atoms with van der Waals surface area (Å²) in [6.45, 7) is 2.38. The van der Waals surface area contributed by atoms with Crippen molar-refractivity contribution in [3.63, 3.8) is 0 Å². The molecule has 0 aliphatic carbocycles. The van der Waals surface area contributed by atoms with Crippen LogP contribution in [-0.2, 0) is 23.3 Å². The number of hydrogen-bond acceptors (Lipinski definition) is 4. The maximum absolute atomic E-state index is 14.8. The van der Waals surface area contributed by atoms with Crippen LogP contribution in [-0.4, -0.2) is 17.5 Å². The van der Waals surface area contributed by atoms with E-state index in [9.17, 15) is 14.4 Å². The molecule has 1 atom stereocenters. The molecular weight excluding hydrogens is 405 g/mol. The summed E-state index contributed by atoms with van der Waals surface area (Å²) in [5, 5.41) is 12.3. The lowest BCUT2D eigenvalue weighted by molar-refractivity contribution is 0.0757. The van der Waals surface area contributed by atoms with E-state index in [1.54, 1.807) is 25.1 Å². The lowest BCUT2D eigenvalue weighted by Gasteiger charge is -2.30. The Labute approximate surface area is 185 Å². The number of nitrogens with one attached hydrogen (secondary N) is 1. The van der Waals surface area contributed by atoms with E-state index in [2.05, 4.69) is 28.2 Å². The molecule has 1 amide bonds. The van der Waals surface area contributed by atoms with Gasteiger partial charge in [-0.1, -0.05) is 36.1 Å². The minimum Gasteiger partial charge on any atom is -0.375 e. The van der Waals surface area contributed by atoms with E-state index in [0.717, 1.165) is 16.7 Å². The zero-order valence-corrected chi connectivity index (χ0v) is 17.5. The highest BCUT2D eigenvalue weighted by atomic mass is 19.1. The van der Waals surface area contributed by atoms with Gasteiger partial charge in [-0.05, 0) is 48.4 Å². The minimum atomic E-state index is -0.816. The predicted molar refractivity (Wildman–Crippen MR) is 117 cm³/mol. The average molecular weight is 425 g/mol. The number of halogens is 1. The molecular formula is C26H20FN3O2. The Morgan fingerprint density at radius 3 is 2.81 bits per heavy atom. The summed E-state index contributed by atoms with van der Waals surface area (Å²) in [5.41, 5.74) is 2.34. The molecule has 32 heavy (non-hydrogen) atoms. The highest BCUT2D eigenvalue weighted by molar-refractivity contribution is 5.94.